The quantitative estimate of drug-likeness (QED) is 0.666. The van der Waals surface area contributed by atoms with Gasteiger partial charge in [-0.3, -0.25) is 0 Å². The van der Waals surface area contributed by atoms with E-state index in [-0.39, 0.29) is 0 Å². The summed E-state index contributed by atoms with van der Waals surface area (Å²) >= 11 is 0. The van der Waals surface area contributed by atoms with Gasteiger partial charge in [-0.25, -0.2) is 4.68 Å². The maximum Gasteiger partial charge on any atom is 0.0655 e. The van der Waals surface area contributed by atoms with Crippen molar-refractivity contribution in [2.75, 3.05) is 0 Å². The number of aromatic nitrogens is 2. The van der Waals surface area contributed by atoms with E-state index in [9.17, 15) is 0 Å². The second-order valence-corrected chi connectivity index (χ2v) is 5.12. The molecule has 0 fully saturated rings. The largest absolute Gasteiger partial charge is 0.238 e. The lowest BCUT2D eigenvalue weighted by atomic mass is 10.1. The van der Waals surface area contributed by atoms with Crippen LogP contribution in [0.5, 0.6) is 0 Å². The molecule has 3 rings (SSSR count). The van der Waals surface area contributed by atoms with Crippen molar-refractivity contribution < 1.29 is 0 Å². The van der Waals surface area contributed by atoms with E-state index in [1.54, 1.807) is 0 Å². The summed E-state index contributed by atoms with van der Waals surface area (Å²) in [6, 6.07) is 18.9. The fourth-order valence-corrected chi connectivity index (χ4v) is 2.42. The average molecular weight is 262 g/mol. The number of hydrogen-bond donors (Lipinski definition) is 0. The topological polar surface area (TPSA) is 17.8 Å². The average Bonchev–Trinajstić information content (AvgIpc) is 2.76. The van der Waals surface area contributed by atoms with Gasteiger partial charge in [0.1, 0.15) is 0 Å². The van der Waals surface area contributed by atoms with Gasteiger partial charge in [0.25, 0.3) is 0 Å². The summed E-state index contributed by atoms with van der Waals surface area (Å²) in [5.41, 5.74) is 7.11. The Morgan fingerprint density at radius 1 is 0.800 bits per heavy atom. The van der Waals surface area contributed by atoms with Gasteiger partial charge in [0.2, 0.25) is 0 Å². The van der Waals surface area contributed by atoms with E-state index in [2.05, 4.69) is 74.4 Å². The SMILES string of the molecule is Cc1nn(-c2cccc(-c3ccccc3)c2)c(C)c1C. The van der Waals surface area contributed by atoms with E-state index in [1.807, 2.05) is 10.7 Å². The van der Waals surface area contributed by atoms with Gasteiger partial charge in [0.05, 0.1) is 11.4 Å². The monoisotopic (exact) mass is 262 g/mol. The Balaban J connectivity index is 2.10. The molecular formula is C18H18N2. The first-order valence-corrected chi connectivity index (χ1v) is 6.85. The van der Waals surface area contributed by atoms with Crippen LogP contribution >= 0.6 is 0 Å². The van der Waals surface area contributed by atoms with Crippen LogP contribution < -0.4 is 0 Å². The van der Waals surface area contributed by atoms with Gasteiger partial charge in [-0.1, -0.05) is 42.5 Å². The highest BCUT2D eigenvalue weighted by Crippen LogP contribution is 2.23. The molecule has 2 aromatic carbocycles. The molecule has 0 aliphatic heterocycles. The fourth-order valence-electron chi connectivity index (χ4n) is 2.42. The Morgan fingerprint density at radius 3 is 2.15 bits per heavy atom. The van der Waals surface area contributed by atoms with E-state index in [0.717, 1.165) is 11.4 Å². The minimum atomic E-state index is 1.09. The molecular weight excluding hydrogens is 244 g/mol. The third-order valence-electron chi connectivity index (χ3n) is 3.85. The van der Waals surface area contributed by atoms with Crippen LogP contribution in [0.1, 0.15) is 17.0 Å². The van der Waals surface area contributed by atoms with E-state index >= 15 is 0 Å². The van der Waals surface area contributed by atoms with Crippen molar-refractivity contribution in [3.63, 3.8) is 0 Å². The number of aryl methyl sites for hydroxylation is 1. The smallest absolute Gasteiger partial charge is 0.0655 e. The van der Waals surface area contributed by atoms with Gasteiger partial charge in [-0.15, -0.1) is 0 Å². The number of benzene rings is 2. The van der Waals surface area contributed by atoms with E-state index in [1.165, 1.54) is 22.4 Å². The van der Waals surface area contributed by atoms with Crippen LogP contribution in [0.4, 0.5) is 0 Å². The van der Waals surface area contributed by atoms with E-state index in [0.29, 0.717) is 0 Å². The standard InChI is InChI=1S/C18H18N2/c1-13-14(2)19-20(15(13)3)18-11-7-10-17(12-18)16-8-5-4-6-9-16/h4-12H,1-3H3. The lowest BCUT2D eigenvalue weighted by Crippen LogP contribution is -1.99. The normalized spacial score (nSPS) is 10.8. The zero-order valence-electron chi connectivity index (χ0n) is 12.1. The molecule has 0 amide bonds. The Morgan fingerprint density at radius 2 is 1.50 bits per heavy atom. The summed E-state index contributed by atoms with van der Waals surface area (Å²) in [5.74, 6) is 0. The molecule has 0 saturated carbocycles. The summed E-state index contributed by atoms with van der Waals surface area (Å²) in [6.45, 7) is 6.29. The molecule has 0 saturated heterocycles. The zero-order valence-corrected chi connectivity index (χ0v) is 12.1. The molecule has 0 bridgehead atoms. The van der Waals surface area contributed by atoms with Gasteiger partial charge < -0.3 is 0 Å². The molecule has 20 heavy (non-hydrogen) atoms. The van der Waals surface area contributed by atoms with Crippen molar-refractivity contribution >= 4 is 0 Å². The molecule has 3 aromatic rings. The fraction of sp³-hybridized carbons (Fsp3) is 0.167. The molecule has 0 radical (unpaired) electrons. The van der Waals surface area contributed by atoms with Gasteiger partial charge in [-0.05, 0) is 49.6 Å². The molecule has 2 heteroatoms. The Labute approximate surface area is 119 Å². The van der Waals surface area contributed by atoms with Crippen molar-refractivity contribution in [1.82, 2.24) is 9.78 Å². The minimum absolute atomic E-state index is 1.09. The van der Waals surface area contributed by atoms with Crippen LogP contribution in [-0.2, 0) is 0 Å². The van der Waals surface area contributed by atoms with Crippen LogP contribution in [0.25, 0.3) is 16.8 Å². The van der Waals surface area contributed by atoms with Crippen molar-refractivity contribution in [3.8, 4) is 16.8 Å². The second kappa shape index (κ2) is 4.97. The lowest BCUT2D eigenvalue weighted by molar-refractivity contribution is 0.833. The minimum Gasteiger partial charge on any atom is -0.238 e. The molecule has 0 aliphatic carbocycles. The van der Waals surface area contributed by atoms with Crippen LogP contribution in [-0.4, -0.2) is 9.78 Å². The first kappa shape index (κ1) is 12.7. The molecule has 0 unspecified atom stereocenters. The van der Waals surface area contributed by atoms with Gasteiger partial charge in [0, 0.05) is 5.69 Å². The van der Waals surface area contributed by atoms with Crippen LogP contribution in [0, 0.1) is 20.8 Å². The summed E-state index contributed by atoms with van der Waals surface area (Å²) < 4.78 is 2.02. The van der Waals surface area contributed by atoms with Crippen molar-refractivity contribution in [2.24, 2.45) is 0 Å². The highest BCUT2D eigenvalue weighted by Gasteiger charge is 2.09. The Kier molecular flexibility index (Phi) is 3.15. The third-order valence-corrected chi connectivity index (χ3v) is 3.85. The number of rotatable bonds is 2. The predicted octanol–water partition coefficient (Wildman–Crippen LogP) is 4.46. The first-order chi connectivity index (χ1) is 9.66. The molecule has 0 N–H and O–H groups in total. The highest BCUT2D eigenvalue weighted by molar-refractivity contribution is 5.65. The predicted molar refractivity (Wildman–Crippen MR) is 83.2 cm³/mol. The second-order valence-electron chi connectivity index (χ2n) is 5.12. The van der Waals surface area contributed by atoms with Crippen molar-refractivity contribution in [2.45, 2.75) is 20.8 Å². The number of nitrogens with zero attached hydrogens (tertiary/aromatic N) is 2. The molecule has 1 aromatic heterocycles. The molecule has 0 spiro atoms. The van der Waals surface area contributed by atoms with Gasteiger partial charge >= 0.3 is 0 Å². The van der Waals surface area contributed by atoms with Crippen molar-refractivity contribution in [3.05, 3.63) is 71.5 Å². The molecule has 100 valence electrons. The van der Waals surface area contributed by atoms with Crippen LogP contribution in [0.2, 0.25) is 0 Å². The summed E-state index contributed by atoms with van der Waals surface area (Å²) in [4.78, 5) is 0. The van der Waals surface area contributed by atoms with E-state index < -0.39 is 0 Å². The van der Waals surface area contributed by atoms with Gasteiger partial charge in [-0.2, -0.15) is 5.10 Å². The molecule has 0 aliphatic rings. The summed E-state index contributed by atoms with van der Waals surface area (Å²) in [5, 5.41) is 4.63. The van der Waals surface area contributed by atoms with Crippen molar-refractivity contribution in [1.29, 1.82) is 0 Å². The Bertz CT molecular complexity index is 739. The van der Waals surface area contributed by atoms with Crippen LogP contribution in [0.15, 0.2) is 54.6 Å². The van der Waals surface area contributed by atoms with Crippen LogP contribution in [0.3, 0.4) is 0 Å². The lowest BCUT2D eigenvalue weighted by Gasteiger charge is -2.08. The highest BCUT2D eigenvalue weighted by atomic mass is 15.3. The maximum atomic E-state index is 4.63. The third kappa shape index (κ3) is 2.14. The van der Waals surface area contributed by atoms with Gasteiger partial charge in [0.15, 0.2) is 0 Å². The maximum absolute atomic E-state index is 4.63. The summed E-state index contributed by atoms with van der Waals surface area (Å²) in [7, 11) is 0. The zero-order chi connectivity index (χ0) is 14.1. The molecule has 0 atom stereocenters. The van der Waals surface area contributed by atoms with E-state index in [4.69, 9.17) is 0 Å². The molecule has 2 nitrogen and oxygen atoms in total. The number of hydrogen-bond acceptors (Lipinski definition) is 1. The Hall–Kier alpha value is -2.35. The summed E-state index contributed by atoms with van der Waals surface area (Å²) in [6.07, 6.45) is 0. The molecule has 1 heterocycles. The first-order valence-electron chi connectivity index (χ1n) is 6.85.